The minimum Gasteiger partial charge on any atom is -0.456 e. The van der Waals surface area contributed by atoms with E-state index in [1.165, 1.54) is 32.3 Å². The molecule has 0 saturated carbocycles. The fraction of sp³-hybridized carbons (Fsp3) is 0. The van der Waals surface area contributed by atoms with Gasteiger partial charge in [-0.2, -0.15) is 0 Å². The number of halogens is 1. The molecule has 1 aliphatic heterocycles. The van der Waals surface area contributed by atoms with Gasteiger partial charge >= 0.3 is 0 Å². The van der Waals surface area contributed by atoms with Crippen LogP contribution in [0.1, 0.15) is 0 Å². The summed E-state index contributed by atoms with van der Waals surface area (Å²) in [6.07, 6.45) is 0. The number of hydrogen-bond donors (Lipinski definition) is 0. The van der Waals surface area contributed by atoms with Crippen molar-refractivity contribution < 1.29 is 18.3 Å². The van der Waals surface area contributed by atoms with Crippen LogP contribution in [0.15, 0.2) is 205 Å². The first-order valence-electron chi connectivity index (χ1n) is 20.1. The Morgan fingerprint density at radius 3 is 1.79 bits per heavy atom. The molecule has 11 aromatic rings. The molecule has 0 fully saturated rings. The molecule has 1 aliphatic rings. The van der Waals surface area contributed by atoms with Crippen LogP contribution in [0.2, 0.25) is 0 Å². The maximum absolute atomic E-state index is 14.7. The summed E-state index contributed by atoms with van der Waals surface area (Å²) in [5.41, 5.74) is 8.91. The Labute approximate surface area is 354 Å². The average Bonchev–Trinajstić information content (AvgIpc) is 3.87. The first-order valence-corrected chi connectivity index (χ1v) is 20.9. The van der Waals surface area contributed by atoms with Crippen LogP contribution in [0.4, 0.5) is 38.5 Å². The first kappa shape index (κ1) is 35.1. The van der Waals surface area contributed by atoms with E-state index < -0.39 is 0 Å². The fourth-order valence-corrected chi connectivity index (χ4v) is 9.71. The lowest BCUT2D eigenvalue weighted by Crippen LogP contribution is -2.12. The molecule has 0 N–H and O–H groups in total. The number of ether oxygens (including phenoxy) is 2. The van der Waals surface area contributed by atoms with E-state index in [9.17, 15) is 4.39 Å². The zero-order chi connectivity index (χ0) is 40.4. The Kier molecular flexibility index (Phi) is 8.15. The summed E-state index contributed by atoms with van der Waals surface area (Å²) >= 11 is 1.82. The van der Waals surface area contributed by atoms with Gasteiger partial charge in [-0.1, -0.05) is 78.9 Å². The van der Waals surface area contributed by atoms with Gasteiger partial charge in [0.05, 0.1) is 11.4 Å². The van der Waals surface area contributed by atoms with Crippen LogP contribution in [-0.2, 0) is 0 Å². The normalized spacial score (nSPS) is 12.0. The van der Waals surface area contributed by atoms with Crippen molar-refractivity contribution >= 4 is 87.6 Å². The smallest absolute Gasteiger partial charge is 0.172 e. The van der Waals surface area contributed by atoms with Crippen LogP contribution in [0.25, 0.3) is 53.2 Å². The Balaban J connectivity index is 1.05. The summed E-state index contributed by atoms with van der Waals surface area (Å²) < 4.78 is 36.3. The Morgan fingerprint density at radius 2 is 1.00 bits per heavy atom. The number of thiophene rings is 1. The van der Waals surface area contributed by atoms with Gasteiger partial charge in [0.2, 0.25) is 0 Å². The SMILES string of the molecule is Fc1ccc2c(c1)oc1ccc(N(c3ccccc3)c3ccc4c(c3)Oc3ccccc3O4)c(-c3ccc(N(c4ccccc4)c4ccc5sc6ccccc6c5c4)cc3)c12. The highest BCUT2D eigenvalue weighted by Crippen LogP contribution is 2.51. The number of hydrogen-bond acceptors (Lipinski definition) is 6. The molecular formula is C54H33FN2O3S. The molecule has 0 bridgehead atoms. The average molecular weight is 809 g/mol. The summed E-state index contributed by atoms with van der Waals surface area (Å²) in [4.78, 5) is 4.53. The van der Waals surface area contributed by atoms with E-state index >= 15 is 0 Å². The Hall–Kier alpha value is -7.87. The van der Waals surface area contributed by atoms with Crippen molar-refractivity contribution in [1.82, 2.24) is 0 Å². The molecule has 0 spiro atoms. The molecule has 2 aromatic heterocycles. The number of anilines is 6. The zero-order valence-electron chi connectivity index (χ0n) is 32.5. The van der Waals surface area contributed by atoms with Gasteiger partial charge in [-0.15, -0.1) is 11.3 Å². The van der Waals surface area contributed by atoms with Crippen LogP contribution >= 0.6 is 11.3 Å². The number of furan rings is 1. The predicted octanol–water partition coefficient (Wildman–Crippen LogP) is 16.6. The van der Waals surface area contributed by atoms with Gasteiger partial charge in [0.15, 0.2) is 23.0 Å². The van der Waals surface area contributed by atoms with E-state index in [0.29, 0.717) is 34.2 Å². The van der Waals surface area contributed by atoms with E-state index in [4.69, 9.17) is 13.9 Å². The third-order valence-corrected chi connectivity index (χ3v) is 12.5. The monoisotopic (exact) mass is 808 g/mol. The molecular weight excluding hydrogens is 776 g/mol. The van der Waals surface area contributed by atoms with E-state index in [2.05, 4.69) is 119 Å². The van der Waals surface area contributed by atoms with Gasteiger partial charge < -0.3 is 23.7 Å². The standard InChI is InChI=1S/C54H33FN2O3S/c55-35-21-26-42-49(31-35)60-48-29-27-44(57(37-13-5-2-6-14-37)40-24-28-47-50(33-40)59-46-17-9-8-16-45(46)58-47)53(54(42)48)34-19-22-38(23-20-34)56(36-11-3-1-4-12-36)39-25-30-52-43(32-39)41-15-7-10-18-51(41)61-52/h1-33H. The minimum atomic E-state index is -0.351. The van der Waals surface area contributed by atoms with Gasteiger partial charge in [0.25, 0.3) is 0 Å². The van der Waals surface area contributed by atoms with Crippen molar-refractivity contribution in [2.45, 2.75) is 0 Å². The van der Waals surface area contributed by atoms with Gasteiger partial charge in [0.1, 0.15) is 17.0 Å². The van der Waals surface area contributed by atoms with Crippen molar-refractivity contribution in [2.24, 2.45) is 0 Å². The van der Waals surface area contributed by atoms with Gasteiger partial charge in [-0.05, 0) is 115 Å². The summed E-state index contributed by atoms with van der Waals surface area (Å²) in [7, 11) is 0. The lowest BCUT2D eigenvalue weighted by Gasteiger charge is -2.30. The van der Waals surface area contributed by atoms with Gasteiger partial charge in [-0.3, -0.25) is 0 Å². The van der Waals surface area contributed by atoms with E-state index in [1.807, 2.05) is 90.2 Å². The third-order valence-electron chi connectivity index (χ3n) is 11.4. The van der Waals surface area contributed by atoms with Crippen molar-refractivity contribution in [2.75, 3.05) is 9.80 Å². The first-order chi connectivity index (χ1) is 30.1. The van der Waals surface area contributed by atoms with Crippen molar-refractivity contribution in [1.29, 1.82) is 0 Å². The molecule has 5 nitrogen and oxygen atoms in total. The van der Waals surface area contributed by atoms with Crippen LogP contribution in [-0.4, -0.2) is 0 Å². The van der Waals surface area contributed by atoms with E-state index in [-0.39, 0.29) is 5.82 Å². The molecule has 0 unspecified atom stereocenters. The topological polar surface area (TPSA) is 38.1 Å². The fourth-order valence-electron chi connectivity index (χ4n) is 8.62. The summed E-state index contributed by atoms with van der Waals surface area (Å²) in [6.45, 7) is 0. The quantitative estimate of drug-likeness (QED) is 0.160. The molecule has 7 heteroatoms. The van der Waals surface area contributed by atoms with Gasteiger partial charge in [-0.25, -0.2) is 4.39 Å². The maximum atomic E-state index is 14.7. The van der Waals surface area contributed by atoms with Crippen molar-refractivity contribution in [3.05, 3.63) is 206 Å². The Bertz CT molecular complexity index is 3450. The molecule has 0 radical (unpaired) electrons. The molecule has 290 valence electrons. The van der Waals surface area contributed by atoms with Crippen molar-refractivity contribution in [3.63, 3.8) is 0 Å². The van der Waals surface area contributed by atoms with E-state index in [1.54, 1.807) is 0 Å². The highest BCUT2D eigenvalue weighted by molar-refractivity contribution is 7.25. The minimum absolute atomic E-state index is 0.351. The highest BCUT2D eigenvalue weighted by atomic mass is 32.1. The van der Waals surface area contributed by atoms with Crippen LogP contribution < -0.4 is 19.3 Å². The highest BCUT2D eigenvalue weighted by Gasteiger charge is 2.26. The number of fused-ring (bicyclic) bond motifs is 8. The summed E-state index contributed by atoms with van der Waals surface area (Å²) in [5.74, 6) is 2.23. The number of rotatable bonds is 7. The number of para-hydroxylation sites is 4. The largest absolute Gasteiger partial charge is 0.456 e. The lowest BCUT2D eigenvalue weighted by atomic mass is 9.95. The molecule has 0 atom stereocenters. The van der Waals surface area contributed by atoms with Crippen LogP contribution in [0, 0.1) is 5.82 Å². The molecule has 0 amide bonds. The molecule has 0 saturated heterocycles. The maximum Gasteiger partial charge on any atom is 0.172 e. The molecule has 12 rings (SSSR count). The number of nitrogens with zero attached hydrogens (tertiary/aromatic N) is 2. The molecule has 61 heavy (non-hydrogen) atoms. The second-order valence-corrected chi connectivity index (χ2v) is 16.1. The Morgan fingerprint density at radius 1 is 0.393 bits per heavy atom. The van der Waals surface area contributed by atoms with Crippen LogP contribution in [0.3, 0.4) is 0 Å². The van der Waals surface area contributed by atoms with Crippen LogP contribution in [0.5, 0.6) is 23.0 Å². The van der Waals surface area contributed by atoms with Crippen molar-refractivity contribution in [3.8, 4) is 34.1 Å². The zero-order valence-corrected chi connectivity index (χ0v) is 33.3. The van der Waals surface area contributed by atoms with E-state index in [0.717, 1.165) is 56.0 Å². The summed E-state index contributed by atoms with van der Waals surface area (Å²) in [5, 5.41) is 4.21. The number of benzene rings is 9. The third kappa shape index (κ3) is 5.97. The summed E-state index contributed by atoms with van der Waals surface area (Å²) in [6, 6.07) is 67.3. The molecule has 0 aliphatic carbocycles. The predicted molar refractivity (Wildman–Crippen MR) is 248 cm³/mol. The second-order valence-electron chi connectivity index (χ2n) is 15.0. The molecule has 3 heterocycles. The van der Waals surface area contributed by atoms with Gasteiger partial charge in [0, 0.05) is 71.4 Å². The second kappa shape index (κ2) is 14.2. The molecule has 9 aromatic carbocycles. The lowest BCUT2D eigenvalue weighted by molar-refractivity contribution is 0.360.